The van der Waals surface area contributed by atoms with E-state index in [0.29, 0.717) is 0 Å². The minimum atomic E-state index is -0.512. The van der Waals surface area contributed by atoms with Gasteiger partial charge in [0.25, 0.3) is 5.69 Å². The van der Waals surface area contributed by atoms with E-state index < -0.39 is 4.92 Å². The Kier molecular flexibility index (Phi) is 4.42. The van der Waals surface area contributed by atoms with E-state index in [1.54, 1.807) is 12.1 Å². The van der Waals surface area contributed by atoms with Gasteiger partial charge in [-0.15, -0.1) is 0 Å². The van der Waals surface area contributed by atoms with Gasteiger partial charge in [-0.1, -0.05) is 23.7 Å². The van der Waals surface area contributed by atoms with Crippen LogP contribution in [0.5, 0.6) is 0 Å². The lowest BCUT2D eigenvalue weighted by atomic mass is 10.3. The van der Waals surface area contributed by atoms with Gasteiger partial charge >= 0.3 is 0 Å². The molecule has 62 valence electrons. The number of nitro benzene ring substituents is 1. The summed E-state index contributed by atoms with van der Waals surface area (Å²) in [6.07, 6.45) is 0. The molecule has 0 fully saturated rings. The highest BCUT2D eigenvalue weighted by molar-refractivity contribution is 6.32. The summed E-state index contributed by atoms with van der Waals surface area (Å²) >= 11 is 5.48. The zero-order valence-electron chi connectivity index (χ0n) is 5.98. The Bertz CT molecular complexity index is 298. The quantitative estimate of drug-likeness (QED) is 0.497. The largest absolute Gasteiger partial charge is 0.287 e. The molecule has 0 aliphatic rings. The van der Waals surface area contributed by atoms with Crippen LogP contribution in [0.1, 0.15) is 0 Å². The minimum absolute atomic E-state index is 0.0517. The molecule has 0 radical (unpaired) electrons. The molecule has 0 N–H and O–H groups in total. The van der Waals surface area contributed by atoms with Gasteiger partial charge in [0.15, 0.2) is 0 Å². The lowest BCUT2D eigenvalue weighted by molar-refractivity contribution is -0.384. The molecule has 0 aromatic heterocycles. The molecule has 0 amide bonds. The van der Waals surface area contributed by atoms with Crippen molar-refractivity contribution in [3.8, 4) is 6.57 Å². The molecule has 0 atom stereocenters. The molecule has 0 spiro atoms. The van der Waals surface area contributed by atoms with Crippen LogP contribution in [-0.2, 0) is 0 Å². The number of nitriles is 1. The Balaban J connectivity index is 0.000000561. The number of nitro groups is 1. The molecule has 0 bridgehead atoms. The molecule has 5 heteroatoms. The van der Waals surface area contributed by atoms with Gasteiger partial charge < -0.3 is 0 Å². The highest BCUT2D eigenvalue weighted by Gasteiger charge is 2.08. The number of hydrogen-bond donors (Lipinski definition) is 0. The lowest BCUT2D eigenvalue weighted by Gasteiger charge is -1.90. The van der Waals surface area contributed by atoms with Crippen LogP contribution in [-0.4, -0.2) is 4.92 Å². The standard InChI is InChI=1S/C6H4ClNO2.CHN/c7-5-3-1-2-4-6(5)8(9)10;1-2/h1-4H;1H. The van der Waals surface area contributed by atoms with Crippen molar-refractivity contribution in [2.24, 2.45) is 0 Å². The van der Waals surface area contributed by atoms with Gasteiger partial charge in [0, 0.05) is 12.6 Å². The predicted octanol–water partition coefficient (Wildman–Crippen LogP) is 2.39. The smallest absolute Gasteiger partial charge is 0.258 e. The van der Waals surface area contributed by atoms with E-state index in [1.807, 2.05) is 0 Å². The first kappa shape index (κ1) is 10.4. The van der Waals surface area contributed by atoms with Crippen LogP contribution in [0.4, 0.5) is 5.69 Å². The van der Waals surface area contributed by atoms with Gasteiger partial charge in [-0.2, -0.15) is 0 Å². The zero-order valence-corrected chi connectivity index (χ0v) is 6.73. The van der Waals surface area contributed by atoms with Gasteiger partial charge in [0.1, 0.15) is 5.02 Å². The third kappa shape index (κ3) is 2.56. The van der Waals surface area contributed by atoms with E-state index in [-0.39, 0.29) is 10.7 Å². The van der Waals surface area contributed by atoms with Crippen LogP contribution in [0.25, 0.3) is 0 Å². The van der Waals surface area contributed by atoms with Crippen molar-refractivity contribution in [3.63, 3.8) is 0 Å². The van der Waals surface area contributed by atoms with E-state index in [2.05, 4.69) is 6.57 Å². The monoisotopic (exact) mass is 184 g/mol. The molecule has 0 saturated heterocycles. The summed E-state index contributed by atoms with van der Waals surface area (Å²) in [5.74, 6) is 0. The highest BCUT2D eigenvalue weighted by Crippen LogP contribution is 2.21. The number of hydrogen-bond acceptors (Lipinski definition) is 3. The molecule has 4 nitrogen and oxygen atoms in total. The van der Waals surface area contributed by atoms with E-state index in [9.17, 15) is 10.1 Å². The van der Waals surface area contributed by atoms with E-state index >= 15 is 0 Å². The molecule has 0 unspecified atom stereocenters. The molecule has 0 heterocycles. The molecular weight excluding hydrogens is 180 g/mol. The summed E-state index contributed by atoms with van der Waals surface area (Å²) in [5, 5.41) is 16.8. The second-order valence-electron chi connectivity index (χ2n) is 1.71. The third-order valence-electron chi connectivity index (χ3n) is 1.05. The van der Waals surface area contributed by atoms with Crippen LogP contribution in [0, 0.1) is 21.9 Å². The van der Waals surface area contributed by atoms with Crippen molar-refractivity contribution in [2.75, 3.05) is 0 Å². The van der Waals surface area contributed by atoms with Crippen molar-refractivity contribution in [1.29, 1.82) is 5.26 Å². The average Bonchev–Trinajstić information content (AvgIpc) is 2.08. The Morgan fingerprint density at radius 3 is 2.25 bits per heavy atom. The third-order valence-corrected chi connectivity index (χ3v) is 1.37. The zero-order chi connectivity index (χ0) is 9.56. The normalized spacial score (nSPS) is 7.92. The van der Waals surface area contributed by atoms with Gasteiger partial charge in [-0.05, 0) is 6.07 Å². The fraction of sp³-hybridized carbons (Fsp3) is 0. The van der Waals surface area contributed by atoms with Gasteiger partial charge in [-0.3, -0.25) is 10.1 Å². The Labute approximate surface area is 74.2 Å². The van der Waals surface area contributed by atoms with Crippen LogP contribution in [0.3, 0.4) is 0 Å². The van der Waals surface area contributed by atoms with E-state index in [1.165, 1.54) is 12.1 Å². The van der Waals surface area contributed by atoms with Gasteiger partial charge in [0.2, 0.25) is 0 Å². The lowest BCUT2D eigenvalue weighted by Crippen LogP contribution is -1.87. The van der Waals surface area contributed by atoms with E-state index in [0.717, 1.165) is 0 Å². The Morgan fingerprint density at radius 2 is 1.92 bits per heavy atom. The first-order valence-corrected chi connectivity index (χ1v) is 3.24. The van der Waals surface area contributed by atoms with Crippen molar-refractivity contribution < 1.29 is 4.92 Å². The second kappa shape index (κ2) is 5.10. The maximum Gasteiger partial charge on any atom is 0.287 e. The number of benzene rings is 1. The summed E-state index contributed by atoms with van der Waals surface area (Å²) in [5.41, 5.74) is -0.0517. The first-order valence-electron chi connectivity index (χ1n) is 2.86. The van der Waals surface area contributed by atoms with Crippen molar-refractivity contribution in [3.05, 3.63) is 39.4 Å². The molecule has 12 heavy (non-hydrogen) atoms. The molecular formula is C7H5ClN2O2. The van der Waals surface area contributed by atoms with Crippen LogP contribution < -0.4 is 0 Å². The average molecular weight is 185 g/mol. The summed E-state index contributed by atoms with van der Waals surface area (Å²) in [7, 11) is 0. The summed E-state index contributed by atoms with van der Waals surface area (Å²) in [4.78, 5) is 9.63. The Hall–Kier alpha value is -1.60. The van der Waals surface area contributed by atoms with Crippen LogP contribution in [0.15, 0.2) is 24.3 Å². The summed E-state index contributed by atoms with van der Waals surface area (Å²) in [6.45, 7) is 3.50. The van der Waals surface area contributed by atoms with Crippen molar-refractivity contribution >= 4 is 17.3 Å². The molecule has 0 aliphatic heterocycles. The Morgan fingerprint density at radius 1 is 1.42 bits per heavy atom. The molecule has 1 aromatic carbocycles. The molecule has 1 rings (SSSR count). The number of rotatable bonds is 1. The van der Waals surface area contributed by atoms with Crippen molar-refractivity contribution in [1.82, 2.24) is 0 Å². The van der Waals surface area contributed by atoms with Crippen LogP contribution >= 0.6 is 11.6 Å². The summed E-state index contributed by atoms with van der Waals surface area (Å²) < 4.78 is 0. The van der Waals surface area contributed by atoms with Crippen molar-refractivity contribution in [2.45, 2.75) is 0 Å². The summed E-state index contributed by atoms with van der Waals surface area (Å²) in [6, 6.07) is 6.07. The van der Waals surface area contributed by atoms with Gasteiger partial charge in [-0.25, -0.2) is 5.26 Å². The topological polar surface area (TPSA) is 66.9 Å². The first-order chi connectivity index (χ1) is 5.72. The maximum atomic E-state index is 10.1. The SMILES string of the molecule is C#N.O=[N+]([O-])c1ccccc1Cl. The number of nitrogens with zero attached hydrogens (tertiary/aromatic N) is 2. The second-order valence-corrected chi connectivity index (χ2v) is 2.12. The molecule has 1 aromatic rings. The molecule has 0 saturated carbocycles. The molecule has 0 aliphatic carbocycles. The maximum absolute atomic E-state index is 10.1. The number of halogens is 1. The van der Waals surface area contributed by atoms with Gasteiger partial charge in [0.05, 0.1) is 4.92 Å². The fourth-order valence-electron chi connectivity index (χ4n) is 0.600. The van der Waals surface area contributed by atoms with E-state index in [4.69, 9.17) is 16.9 Å². The number of para-hydroxylation sites is 1. The fourth-order valence-corrected chi connectivity index (χ4v) is 0.805. The highest BCUT2D eigenvalue weighted by atomic mass is 35.5. The predicted molar refractivity (Wildman–Crippen MR) is 44.8 cm³/mol. The minimum Gasteiger partial charge on any atom is -0.258 e. The van der Waals surface area contributed by atoms with Crippen LogP contribution in [0.2, 0.25) is 5.02 Å².